The molecular weight excluding hydrogens is 392 g/mol. The molecule has 4 rings (SSSR count). The van der Waals surface area contributed by atoms with Gasteiger partial charge in [-0.25, -0.2) is 0 Å². The fraction of sp³-hybridized carbons (Fsp3) is 0.125. The van der Waals surface area contributed by atoms with Gasteiger partial charge in [-0.2, -0.15) is 0 Å². The van der Waals surface area contributed by atoms with Gasteiger partial charge in [0, 0.05) is 16.9 Å². The largest absolute Gasteiger partial charge is 0.325 e. The molecule has 0 fully saturated rings. The molecule has 0 aliphatic rings. The van der Waals surface area contributed by atoms with E-state index in [-0.39, 0.29) is 11.7 Å². The predicted molar refractivity (Wildman–Crippen MR) is 122 cm³/mol. The zero-order valence-electron chi connectivity index (χ0n) is 16.9. The Balaban J connectivity index is 1.57. The number of benzene rings is 3. The lowest BCUT2D eigenvalue weighted by atomic mass is 10.1. The molecule has 0 radical (unpaired) electrons. The average Bonchev–Trinajstić information content (AvgIpc) is 3.19. The summed E-state index contributed by atoms with van der Waals surface area (Å²) < 4.78 is 1.99. The standard InChI is InChI=1S/C24H22N4OS/c1-17-13-14-21(18(2)15-17)25-22(29)16-30-24-27-26-23(19-9-5-3-6-10-19)28(24)20-11-7-4-8-12-20/h3-15H,16H2,1-2H3,(H,25,29). The summed E-state index contributed by atoms with van der Waals surface area (Å²) in [4.78, 5) is 12.6. The van der Waals surface area contributed by atoms with Crippen molar-refractivity contribution in [1.82, 2.24) is 14.8 Å². The van der Waals surface area contributed by atoms with E-state index < -0.39 is 0 Å². The Hall–Kier alpha value is -3.38. The van der Waals surface area contributed by atoms with Gasteiger partial charge in [-0.15, -0.1) is 10.2 Å². The molecule has 4 aromatic rings. The van der Waals surface area contributed by atoms with Gasteiger partial charge in [0.05, 0.1) is 5.75 Å². The van der Waals surface area contributed by atoms with Crippen LogP contribution < -0.4 is 5.32 Å². The average molecular weight is 415 g/mol. The number of nitrogens with one attached hydrogen (secondary N) is 1. The highest BCUT2D eigenvalue weighted by molar-refractivity contribution is 7.99. The molecule has 5 nitrogen and oxygen atoms in total. The first-order valence-electron chi connectivity index (χ1n) is 9.68. The second-order valence-corrected chi connectivity index (χ2v) is 7.94. The van der Waals surface area contributed by atoms with Crippen molar-refractivity contribution in [2.45, 2.75) is 19.0 Å². The summed E-state index contributed by atoms with van der Waals surface area (Å²) >= 11 is 1.37. The third kappa shape index (κ3) is 4.44. The summed E-state index contributed by atoms with van der Waals surface area (Å²) in [5, 5.41) is 12.4. The van der Waals surface area contributed by atoms with Gasteiger partial charge in [-0.3, -0.25) is 9.36 Å². The minimum absolute atomic E-state index is 0.0733. The Labute approximate surface area is 180 Å². The van der Waals surface area contributed by atoms with Crippen LogP contribution in [0.2, 0.25) is 0 Å². The van der Waals surface area contributed by atoms with Gasteiger partial charge in [0.25, 0.3) is 0 Å². The maximum atomic E-state index is 12.6. The van der Waals surface area contributed by atoms with Crippen LogP contribution in [-0.4, -0.2) is 26.4 Å². The third-order valence-electron chi connectivity index (χ3n) is 4.67. The lowest BCUT2D eigenvalue weighted by molar-refractivity contribution is -0.113. The number of hydrogen-bond donors (Lipinski definition) is 1. The monoisotopic (exact) mass is 414 g/mol. The topological polar surface area (TPSA) is 59.8 Å². The van der Waals surface area contributed by atoms with Crippen LogP contribution in [0.3, 0.4) is 0 Å². The van der Waals surface area contributed by atoms with Crippen LogP contribution in [0.1, 0.15) is 11.1 Å². The highest BCUT2D eigenvalue weighted by Crippen LogP contribution is 2.28. The number of amides is 1. The molecule has 3 aromatic carbocycles. The maximum absolute atomic E-state index is 12.6. The first-order valence-corrected chi connectivity index (χ1v) is 10.7. The minimum atomic E-state index is -0.0733. The molecular formula is C24H22N4OS. The lowest BCUT2D eigenvalue weighted by Crippen LogP contribution is -2.15. The van der Waals surface area contributed by atoms with E-state index in [2.05, 4.69) is 21.6 Å². The van der Waals surface area contributed by atoms with Gasteiger partial charge in [-0.1, -0.05) is 78.0 Å². The molecule has 0 aliphatic heterocycles. The normalized spacial score (nSPS) is 10.7. The van der Waals surface area contributed by atoms with Crippen LogP contribution in [0.5, 0.6) is 0 Å². The van der Waals surface area contributed by atoms with Crippen molar-refractivity contribution in [1.29, 1.82) is 0 Å². The Morgan fingerprint density at radius 2 is 1.63 bits per heavy atom. The number of carbonyl (C=O) groups is 1. The first-order chi connectivity index (χ1) is 14.6. The molecule has 0 atom stereocenters. The SMILES string of the molecule is Cc1ccc(NC(=O)CSc2nnc(-c3ccccc3)n2-c2ccccc2)c(C)c1. The van der Waals surface area contributed by atoms with Crippen molar-refractivity contribution >= 4 is 23.4 Å². The van der Waals surface area contributed by atoms with Gasteiger partial charge >= 0.3 is 0 Å². The summed E-state index contributed by atoms with van der Waals surface area (Å²) in [5.74, 6) is 0.919. The number of thioether (sulfide) groups is 1. The van der Waals surface area contributed by atoms with Gasteiger partial charge in [-0.05, 0) is 37.6 Å². The van der Waals surface area contributed by atoms with Crippen molar-refractivity contribution in [2.75, 3.05) is 11.1 Å². The smallest absolute Gasteiger partial charge is 0.234 e. The molecule has 30 heavy (non-hydrogen) atoms. The number of rotatable bonds is 6. The molecule has 0 bridgehead atoms. The van der Waals surface area contributed by atoms with E-state index in [9.17, 15) is 4.79 Å². The van der Waals surface area contributed by atoms with E-state index in [0.717, 1.165) is 28.3 Å². The number of aryl methyl sites for hydroxylation is 2. The molecule has 0 saturated carbocycles. The Morgan fingerprint density at radius 1 is 0.933 bits per heavy atom. The van der Waals surface area contributed by atoms with Crippen LogP contribution >= 0.6 is 11.8 Å². The number of nitrogens with zero attached hydrogens (tertiary/aromatic N) is 3. The van der Waals surface area contributed by atoms with E-state index >= 15 is 0 Å². The van der Waals surface area contributed by atoms with Crippen LogP contribution in [0, 0.1) is 13.8 Å². The molecule has 0 spiro atoms. The predicted octanol–water partition coefficient (Wildman–Crippen LogP) is 5.28. The molecule has 0 aliphatic carbocycles. The quantitative estimate of drug-likeness (QED) is 0.436. The Morgan fingerprint density at radius 3 is 2.33 bits per heavy atom. The zero-order valence-corrected chi connectivity index (χ0v) is 17.7. The third-order valence-corrected chi connectivity index (χ3v) is 5.60. The van der Waals surface area contributed by atoms with Gasteiger partial charge in [0.2, 0.25) is 5.91 Å². The van der Waals surface area contributed by atoms with Crippen LogP contribution in [0.15, 0.2) is 84.0 Å². The summed E-state index contributed by atoms with van der Waals surface area (Å²) in [6, 6.07) is 25.9. The number of hydrogen-bond acceptors (Lipinski definition) is 4. The Kier molecular flexibility index (Phi) is 5.95. The van der Waals surface area contributed by atoms with E-state index in [1.807, 2.05) is 91.2 Å². The van der Waals surface area contributed by atoms with E-state index in [4.69, 9.17) is 0 Å². The lowest BCUT2D eigenvalue weighted by Gasteiger charge is -2.11. The van der Waals surface area contributed by atoms with Crippen molar-refractivity contribution in [2.24, 2.45) is 0 Å². The fourth-order valence-electron chi connectivity index (χ4n) is 3.22. The van der Waals surface area contributed by atoms with Crippen molar-refractivity contribution in [3.05, 3.63) is 90.0 Å². The molecule has 1 N–H and O–H groups in total. The maximum Gasteiger partial charge on any atom is 0.234 e. The first kappa shape index (κ1) is 19.9. The second-order valence-electron chi connectivity index (χ2n) is 7.00. The number of anilines is 1. The molecule has 6 heteroatoms. The highest BCUT2D eigenvalue weighted by Gasteiger charge is 2.17. The minimum Gasteiger partial charge on any atom is -0.325 e. The summed E-state index contributed by atoms with van der Waals surface area (Å²) in [5.41, 5.74) is 4.98. The summed E-state index contributed by atoms with van der Waals surface area (Å²) in [6.07, 6.45) is 0. The van der Waals surface area contributed by atoms with Gasteiger partial charge in [0.1, 0.15) is 0 Å². The van der Waals surface area contributed by atoms with Crippen molar-refractivity contribution < 1.29 is 4.79 Å². The van der Waals surface area contributed by atoms with Crippen molar-refractivity contribution in [3.8, 4) is 17.1 Å². The van der Waals surface area contributed by atoms with Gasteiger partial charge < -0.3 is 5.32 Å². The molecule has 150 valence electrons. The molecule has 1 aromatic heterocycles. The zero-order chi connectivity index (χ0) is 20.9. The van der Waals surface area contributed by atoms with E-state index in [1.54, 1.807) is 0 Å². The van der Waals surface area contributed by atoms with Crippen LogP contribution in [0.25, 0.3) is 17.1 Å². The summed E-state index contributed by atoms with van der Waals surface area (Å²) in [6.45, 7) is 4.03. The van der Waals surface area contributed by atoms with Gasteiger partial charge in [0.15, 0.2) is 11.0 Å². The van der Waals surface area contributed by atoms with E-state index in [0.29, 0.717) is 5.16 Å². The number of aromatic nitrogens is 3. The van der Waals surface area contributed by atoms with E-state index in [1.165, 1.54) is 17.3 Å². The second kappa shape index (κ2) is 8.97. The Bertz CT molecular complexity index is 1160. The number of carbonyl (C=O) groups excluding carboxylic acids is 1. The molecule has 1 amide bonds. The molecule has 1 heterocycles. The molecule has 0 unspecified atom stereocenters. The number of para-hydroxylation sites is 1. The van der Waals surface area contributed by atoms with Crippen LogP contribution in [0.4, 0.5) is 5.69 Å². The molecule has 0 saturated heterocycles. The van der Waals surface area contributed by atoms with Crippen molar-refractivity contribution in [3.63, 3.8) is 0 Å². The highest BCUT2D eigenvalue weighted by atomic mass is 32.2. The van der Waals surface area contributed by atoms with Crippen LogP contribution in [-0.2, 0) is 4.79 Å². The summed E-state index contributed by atoms with van der Waals surface area (Å²) in [7, 11) is 0. The fourth-order valence-corrected chi connectivity index (χ4v) is 3.97.